The number of ether oxygens (including phenoxy) is 1. The van der Waals surface area contributed by atoms with Gasteiger partial charge in [0.25, 0.3) is 0 Å². The van der Waals surface area contributed by atoms with E-state index in [0.717, 1.165) is 13.0 Å². The molecule has 0 atom stereocenters. The molecule has 0 heterocycles. The van der Waals surface area contributed by atoms with Gasteiger partial charge < -0.3 is 4.74 Å². The molecule has 0 spiro atoms. The Kier molecular flexibility index (Phi) is 6.57. The fourth-order valence-corrected chi connectivity index (χ4v) is 1.91. The number of aryl methyl sites for hydroxylation is 1. The van der Waals surface area contributed by atoms with Crippen LogP contribution in [0.5, 0.6) is 0 Å². The van der Waals surface area contributed by atoms with Gasteiger partial charge in [0.2, 0.25) is 0 Å². The summed E-state index contributed by atoms with van der Waals surface area (Å²) in [7, 11) is 0. The molecule has 0 aromatic heterocycles. The minimum Gasteiger partial charge on any atom is -0.465 e. The van der Waals surface area contributed by atoms with E-state index in [2.05, 4.69) is 49.9 Å². The zero-order valence-electron chi connectivity index (χ0n) is 12.5. The maximum Gasteiger partial charge on any atom is 0.320 e. The highest BCUT2D eigenvalue weighted by molar-refractivity contribution is 5.71. The molecule has 19 heavy (non-hydrogen) atoms. The van der Waals surface area contributed by atoms with Gasteiger partial charge >= 0.3 is 5.97 Å². The van der Waals surface area contributed by atoms with E-state index in [9.17, 15) is 4.79 Å². The molecular formula is C16H25NO2. The van der Waals surface area contributed by atoms with Crippen molar-refractivity contribution in [2.45, 2.75) is 46.7 Å². The van der Waals surface area contributed by atoms with Gasteiger partial charge in [-0.1, -0.05) is 31.2 Å². The van der Waals surface area contributed by atoms with Crippen molar-refractivity contribution in [3.05, 3.63) is 35.4 Å². The molecule has 0 aliphatic rings. The molecule has 0 unspecified atom stereocenters. The zero-order valence-corrected chi connectivity index (χ0v) is 12.5. The van der Waals surface area contributed by atoms with E-state index < -0.39 is 0 Å². The second kappa shape index (κ2) is 7.95. The van der Waals surface area contributed by atoms with Gasteiger partial charge in [-0.3, -0.25) is 9.69 Å². The van der Waals surface area contributed by atoms with Crippen molar-refractivity contribution < 1.29 is 9.53 Å². The number of benzene rings is 1. The van der Waals surface area contributed by atoms with E-state index in [1.165, 1.54) is 11.1 Å². The van der Waals surface area contributed by atoms with Crippen LogP contribution in [0.3, 0.4) is 0 Å². The topological polar surface area (TPSA) is 29.5 Å². The summed E-state index contributed by atoms with van der Waals surface area (Å²) in [6, 6.07) is 8.89. The third kappa shape index (κ3) is 5.43. The molecule has 0 amide bonds. The number of hydrogen-bond acceptors (Lipinski definition) is 3. The summed E-state index contributed by atoms with van der Waals surface area (Å²) in [6.07, 6.45) is 1.05. The Bertz CT molecular complexity index is 384. The van der Waals surface area contributed by atoms with Crippen molar-refractivity contribution in [2.24, 2.45) is 0 Å². The second-order valence-electron chi connectivity index (χ2n) is 4.97. The summed E-state index contributed by atoms with van der Waals surface area (Å²) in [4.78, 5) is 13.7. The zero-order chi connectivity index (χ0) is 14.3. The van der Waals surface area contributed by atoms with Gasteiger partial charge in [0.1, 0.15) is 0 Å². The lowest BCUT2D eigenvalue weighted by atomic mass is 10.1. The quantitative estimate of drug-likeness (QED) is 0.708. The Morgan fingerprint density at radius 2 is 1.74 bits per heavy atom. The molecule has 1 aromatic carbocycles. The summed E-state index contributed by atoms with van der Waals surface area (Å²) >= 11 is 0. The standard InChI is InChI=1S/C16H25NO2/c1-5-14-7-9-15(10-8-14)11-17(13(3)4)12-16(18)19-6-2/h7-10,13H,5-6,11-12H2,1-4H3. The van der Waals surface area contributed by atoms with Crippen LogP contribution in [0.15, 0.2) is 24.3 Å². The molecule has 1 rings (SSSR count). The summed E-state index contributed by atoms with van der Waals surface area (Å²) < 4.78 is 5.02. The minimum atomic E-state index is -0.152. The van der Waals surface area contributed by atoms with E-state index in [4.69, 9.17) is 4.74 Å². The summed E-state index contributed by atoms with van der Waals surface area (Å²) in [5, 5.41) is 0. The Balaban J connectivity index is 2.64. The van der Waals surface area contributed by atoms with Crippen LogP contribution in [0.25, 0.3) is 0 Å². The van der Waals surface area contributed by atoms with Crippen LogP contribution in [0, 0.1) is 0 Å². The first-order chi connectivity index (χ1) is 9.06. The normalized spacial score (nSPS) is 11.1. The van der Waals surface area contributed by atoms with Crippen molar-refractivity contribution in [3.63, 3.8) is 0 Å². The predicted molar refractivity (Wildman–Crippen MR) is 78.0 cm³/mol. The van der Waals surface area contributed by atoms with Crippen LogP contribution in [0.4, 0.5) is 0 Å². The third-order valence-electron chi connectivity index (χ3n) is 3.18. The molecule has 0 aliphatic carbocycles. The number of esters is 1. The smallest absolute Gasteiger partial charge is 0.320 e. The van der Waals surface area contributed by atoms with Crippen LogP contribution in [0.2, 0.25) is 0 Å². The minimum absolute atomic E-state index is 0.152. The van der Waals surface area contributed by atoms with Gasteiger partial charge in [-0.2, -0.15) is 0 Å². The lowest BCUT2D eigenvalue weighted by Gasteiger charge is -2.25. The van der Waals surface area contributed by atoms with Crippen molar-refractivity contribution in [3.8, 4) is 0 Å². The van der Waals surface area contributed by atoms with Crippen LogP contribution in [-0.4, -0.2) is 30.1 Å². The average Bonchev–Trinajstić information content (AvgIpc) is 2.39. The maximum atomic E-state index is 11.6. The molecule has 0 saturated carbocycles. The van der Waals surface area contributed by atoms with Crippen molar-refractivity contribution in [1.29, 1.82) is 0 Å². The fourth-order valence-electron chi connectivity index (χ4n) is 1.91. The van der Waals surface area contributed by atoms with Gasteiger partial charge in [-0.25, -0.2) is 0 Å². The molecule has 3 heteroatoms. The lowest BCUT2D eigenvalue weighted by Crippen LogP contribution is -2.36. The molecule has 0 bridgehead atoms. The number of carbonyl (C=O) groups excluding carboxylic acids is 1. The Morgan fingerprint density at radius 1 is 1.16 bits per heavy atom. The van der Waals surface area contributed by atoms with Gasteiger partial charge in [0, 0.05) is 12.6 Å². The molecule has 1 aromatic rings. The molecule has 0 saturated heterocycles. The predicted octanol–water partition coefficient (Wildman–Crippen LogP) is 3.02. The number of rotatable bonds is 7. The number of carbonyl (C=O) groups is 1. The summed E-state index contributed by atoms with van der Waals surface area (Å²) in [6.45, 7) is 9.74. The van der Waals surface area contributed by atoms with Crippen molar-refractivity contribution in [2.75, 3.05) is 13.2 Å². The molecule has 3 nitrogen and oxygen atoms in total. The van der Waals surface area contributed by atoms with E-state index >= 15 is 0 Å². The highest BCUT2D eigenvalue weighted by Crippen LogP contribution is 2.10. The Labute approximate surface area is 116 Å². The van der Waals surface area contributed by atoms with E-state index in [1.54, 1.807) is 0 Å². The first-order valence-corrected chi connectivity index (χ1v) is 7.04. The van der Waals surface area contributed by atoms with Gasteiger partial charge in [-0.15, -0.1) is 0 Å². The second-order valence-corrected chi connectivity index (χ2v) is 4.97. The molecule has 0 radical (unpaired) electrons. The third-order valence-corrected chi connectivity index (χ3v) is 3.18. The molecule has 0 fully saturated rings. The highest BCUT2D eigenvalue weighted by atomic mass is 16.5. The van der Waals surface area contributed by atoms with Crippen molar-refractivity contribution >= 4 is 5.97 Å². The largest absolute Gasteiger partial charge is 0.465 e. The Hall–Kier alpha value is -1.35. The highest BCUT2D eigenvalue weighted by Gasteiger charge is 2.15. The molecule has 0 N–H and O–H groups in total. The fraction of sp³-hybridized carbons (Fsp3) is 0.562. The average molecular weight is 263 g/mol. The monoisotopic (exact) mass is 263 g/mol. The summed E-state index contributed by atoms with van der Waals surface area (Å²) in [5.74, 6) is -0.152. The molecular weight excluding hydrogens is 238 g/mol. The number of hydrogen-bond donors (Lipinski definition) is 0. The van der Waals surface area contributed by atoms with Crippen LogP contribution in [-0.2, 0) is 22.5 Å². The summed E-state index contributed by atoms with van der Waals surface area (Å²) in [5.41, 5.74) is 2.57. The first kappa shape index (κ1) is 15.7. The van der Waals surface area contributed by atoms with E-state index in [0.29, 0.717) is 19.2 Å². The maximum absolute atomic E-state index is 11.6. The lowest BCUT2D eigenvalue weighted by molar-refractivity contribution is -0.145. The van der Waals surface area contributed by atoms with E-state index in [1.807, 2.05) is 6.92 Å². The van der Waals surface area contributed by atoms with Gasteiger partial charge in [0.15, 0.2) is 0 Å². The molecule has 0 aliphatic heterocycles. The number of nitrogens with zero attached hydrogens (tertiary/aromatic N) is 1. The molecule has 106 valence electrons. The van der Waals surface area contributed by atoms with Crippen LogP contribution in [0.1, 0.15) is 38.8 Å². The van der Waals surface area contributed by atoms with Gasteiger partial charge in [0.05, 0.1) is 13.2 Å². The van der Waals surface area contributed by atoms with Crippen LogP contribution >= 0.6 is 0 Å². The van der Waals surface area contributed by atoms with E-state index in [-0.39, 0.29) is 5.97 Å². The Morgan fingerprint density at radius 3 is 2.21 bits per heavy atom. The van der Waals surface area contributed by atoms with Crippen LogP contribution < -0.4 is 0 Å². The first-order valence-electron chi connectivity index (χ1n) is 7.04. The SMILES string of the molecule is CCOC(=O)CN(Cc1ccc(CC)cc1)C(C)C. The van der Waals surface area contributed by atoms with Crippen molar-refractivity contribution in [1.82, 2.24) is 4.90 Å². The van der Waals surface area contributed by atoms with Gasteiger partial charge in [-0.05, 0) is 38.3 Å².